The van der Waals surface area contributed by atoms with Crippen molar-refractivity contribution in [2.24, 2.45) is 5.73 Å². The number of hydrogen-bond acceptors (Lipinski definition) is 4. The van der Waals surface area contributed by atoms with Gasteiger partial charge in [0.15, 0.2) is 0 Å². The zero-order valence-electron chi connectivity index (χ0n) is 16.6. The third-order valence-electron chi connectivity index (χ3n) is 4.58. The number of aliphatic hydroxyl groups excluding tert-OH is 1. The molecule has 2 unspecified atom stereocenters. The van der Waals surface area contributed by atoms with Crippen molar-refractivity contribution in [1.29, 1.82) is 0 Å². The topological polar surface area (TPSA) is 113 Å². The lowest BCUT2D eigenvalue weighted by Gasteiger charge is -2.19. The van der Waals surface area contributed by atoms with Crippen molar-refractivity contribution in [2.75, 3.05) is 6.61 Å². The molecule has 0 aromatic heterocycles. The van der Waals surface area contributed by atoms with E-state index in [0.717, 1.165) is 18.4 Å². The molecule has 0 bridgehead atoms. The van der Waals surface area contributed by atoms with Gasteiger partial charge in [0.05, 0.1) is 18.8 Å². The van der Waals surface area contributed by atoms with Crippen LogP contribution in [0.1, 0.15) is 90.9 Å². The number of rotatable bonds is 17. The first-order valence-corrected chi connectivity index (χ1v) is 11.6. The Morgan fingerprint density at radius 2 is 1.46 bits per heavy atom. The molecular formula is C19H40NO5P. The minimum absolute atomic E-state index is 0.380. The van der Waals surface area contributed by atoms with E-state index in [4.69, 9.17) is 15.5 Å². The van der Waals surface area contributed by atoms with E-state index >= 15 is 0 Å². The summed E-state index contributed by atoms with van der Waals surface area (Å²) in [6.07, 6.45) is 16.2. The van der Waals surface area contributed by atoms with E-state index in [2.05, 4.69) is 11.4 Å². The summed E-state index contributed by atoms with van der Waals surface area (Å²) in [5.41, 5.74) is 6.42. The van der Waals surface area contributed by atoms with Gasteiger partial charge in [0.25, 0.3) is 0 Å². The Labute approximate surface area is 159 Å². The van der Waals surface area contributed by atoms with Gasteiger partial charge in [-0.2, -0.15) is 0 Å². The van der Waals surface area contributed by atoms with E-state index in [1.807, 2.05) is 6.08 Å². The second-order valence-electron chi connectivity index (χ2n) is 7.17. The van der Waals surface area contributed by atoms with Gasteiger partial charge in [-0.15, -0.1) is 0 Å². The highest BCUT2D eigenvalue weighted by molar-refractivity contribution is 7.46. The third kappa shape index (κ3) is 16.0. The van der Waals surface area contributed by atoms with Crippen LogP contribution in [0, 0.1) is 0 Å². The zero-order chi connectivity index (χ0) is 19.8. The molecule has 0 amide bonds. The molecule has 0 radical (unpaired) electrons. The summed E-state index contributed by atoms with van der Waals surface area (Å²) in [6.45, 7) is 3.64. The first-order valence-electron chi connectivity index (χ1n) is 10.1. The molecule has 0 aromatic carbocycles. The maximum Gasteiger partial charge on any atom is 0.469 e. The molecule has 0 spiro atoms. The molecule has 5 N–H and O–H groups in total. The summed E-state index contributed by atoms with van der Waals surface area (Å²) >= 11 is 0. The third-order valence-corrected chi connectivity index (χ3v) is 5.07. The standard InChI is InChI=1S/C19H40NO5P/c1-3-4-5-6-7-8-9-10-11-12-13-14-15-17(2)19(21)18(20)16-25-26(22,23)24/h15,18-19,21H,3-14,16,20H2,1-2H3,(H2,22,23,24)/b17-15+. The molecular weight excluding hydrogens is 353 g/mol. The van der Waals surface area contributed by atoms with E-state index in [9.17, 15) is 9.67 Å². The van der Waals surface area contributed by atoms with E-state index in [1.165, 1.54) is 64.2 Å². The number of nitrogens with two attached hydrogens (primary N) is 1. The summed E-state index contributed by atoms with van der Waals surface area (Å²) in [5, 5.41) is 10.0. The first-order chi connectivity index (χ1) is 12.3. The fourth-order valence-electron chi connectivity index (χ4n) is 2.87. The molecule has 0 aliphatic heterocycles. The number of unbranched alkanes of at least 4 members (excludes halogenated alkanes) is 11. The van der Waals surface area contributed by atoms with Crippen molar-refractivity contribution in [2.45, 2.75) is 103 Å². The molecule has 156 valence electrons. The van der Waals surface area contributed by atoms with Crippen LogP contribution < -0.4 is 5.73 Å². The van der Waals surface area contributed by atoms with E-state index in [1.54, 1.807) is 6.92 Å². The van der Waals surface area contributed by atoms with Gasteiger partial charge in [0.2, 0.25) is 0 Å². The number of hydrogen-bond donors (Lipinski definition) is 4. The Balaban J connectivity index is 3.66. The van der Waals surface area contributed by atoms with Gasteiger partial charge in [-0.05, 0) is 25.3 Å². The highest BCUT2D eigenvalue weighted by atomic mass is 31.2. The van der Waals surface area contributed by atoms with Crippen molar-refractivity contribution in [1.82, 2.24) is 0 Å². The largest absolute Gasteiger partial charge is 0.469 e. The molecule has 0 fully saturated rings. The fraction of sp³-hybridized carbons (Fsp3) is 0.895. The molecule has 0 aromatic rings. The molecule has 0 saturated heterocycles. The monoisotopic (exact) mass is 393 g/mol. The molecule has 26 heavy (non-hydrogen) atoms. The number of aliphatic hydroxyl groups is 1. The zero-order valence-corrected chi connectivity index (χ0v) is 17.5. The SMILES string of the molecule is CCCCCCCCCCCCC/C=C(\C)C(O)C(N)COP(=O)(O)O. The van der Waals surface area contributed by atoms with Gasteiger partial charge in [-0.1, -0.05) is 77.2 Å². The molecule has 0 heterocycles. The average molecular weight is 394 g/mol. The van der Waals surface area contributed by atoms with Crippen LogP contribution in [0.25, 0.3) is 0 Å². The summed E-state index contributed by atoms with van der Waals surface area (Å²) in [4.78, 5) is 17.3. The molecule has 7 heteroatoms. The average Bonchev–Trinajstić information content (AvgIpc) is 2.59. The van der Waals surface area contributed by atoms with Crippen molar-refractivity contribution >= 4 is 7.82 Å². The van der Waals surface area contributed by atoms with Crippen LogP contribution >= 0.6 is 7.82 Å². The second-order valence-corrected chi connectivity index (χ2v) is 8.41. The minimum Gasteiger partial charge on any atom is -0.387 e. The fourth-order valence-corrected chi connectivity index (χ4v) is 3.24. The Kier molecular flexibility index (Phi) is 15.7. The van der Waals surface area contributed by atoms with Crippen LogP contribution in [0.15, 0.2) is 11.6 Å². The molecule has 0 rings (SSSR count). The van der Waals surface area contributed by atoms with Crippen LogP contribution in [-0.2, 0) is 9.09 Å². The van der Waals surface area contributed by atoms with E-state index in [-0.39, 0.29) is 6.61 Å². The van der Waals surface area contributed by atoms with E-state index in [0.29, 0.717) is 0 Å². The highest BCUT2D eigenvalue weighted by Crippen LogP contribution is 2.35. The number of allylic oxidation sites excluding steroid dienone is 1. The van der Waals surface area contributed by atoms with Crippen LogP contribution in [0.4, 0.5) is 0 Å². The Bertz CT molecular complexity index is 411. The van der Waals surface area contributed by atoms with Gasteiger partial charge >= 0.3 is 7.82 Å². The predicted molar refractivity (Wildman–Crippen MR) is 107 cm³/mol. The summed E-state index contributed by atoms with van der Waals surface area (Å²) in [7, 11) is -4.55. The lowest BCUT2D eigenvalue weighted by atomic mass is 10.0. The van der Waals surface area contributed by atoms with Gasteiger partial charge in [-0.25, -0.2) is 4.57 Å². The number of phosphoric ester groups is 1. The number of phosphoric acid groups is 1. The quantitative estimate of drug-likeness (QED) is 0.165. The summed E-state index contributed by atoms with van der Waals surface area (Å²) < 4.78 is 15.0. The van der Waals surface area contributed by atoms with Crippen LogP contribution in [0.5, 0.6) is 0 Å². The van der Waals surface area contributed by atoms with Crippen LogP contribution in [0.3, 0.4) is 0 Å². The molecule has 0 saturated carbocycles. The normalized spacial score (nSPS) is 15.2. The van der Waals surface area contributed by atoms with Gasteiger partial charge in [0, 0.05) is 0 Å². The lowest BCUT2D eigenvalue weighted by Crippen LogP contribution is -2.39. The van der Waals surface area contributed by atoms with Crippen molar-refractivity contribution in [3.63, 3.8) is 0 Å². The first kappa shape index (κ1) is 25.8. The Morgan fingerprint density at radius 3 is 1.92 bits per heavy atom. The van der Waals surface area contributed by atoms with Crippen molar-refractivity contribution < 1.29 is 24.0 Å². The molecule has 0 aliphatic carbocycles. The van der Waals surface area contributed by atoms with Gasteiger partial charge in [0.1, 0.15) is 0 Å². The lowest BCUT2D eigenvalue weighted by molar-refractivity contribution is 0.122. The summed E-state index contributed by atoms with van der Waals surface area (Å²) in [5.74, 6) is 0. The van der Waals surface area contributed by atoms with Crippen molar-refractivity contribution in [3.05, 3.63) is 11.6 Å². The maximum atomic E-state index is 10.6. The van der Waals surface area contributed by atoms with Gasteiger partial charge < -0.3 is 20.6 Å². The van der Waals surface area contributed by atoms with E-state index < -0.39 is 20.0 Å². The Morgan fingerprint density at radius 1 is 1.00 bits per heavy atom. The maximum absolute atomic E-state index is 10.6. The summed E-state index contributed by atoms with van der Waals surface area (Å²) in [6, 6.07) is -0.851. The smallest absolute Gasteiger partial charge is 0.387 e. The highest BCUT2D eigenvalue weighted by Gasteiger charge is 2.21. The predicted octanol–water partition coefficient (Wildman–Crippen LogP) is 4.43. The molecule has 2 atom stereocenters. The van der Waals surface area contributed by atoms with Crippen LogP contribution in [0.2, 0.25) is 0 Å². The minimum atomic E-state index is -4.55. The Hall–Kier alpha value is -0.230. The second kappa shape index (κ2) is 15.8. The molecule has 6 nitrogen and oxygen atoms in total. The van der Waals surface area contributed by atoms with Gasteiger partial charge in [-0.3, -0.25) is 4.52 Å². The van der Waals surface area contributed by atoms with Crippen LogP contribution in [-0.4, -0.2) is 33.6 Å². The molecule has 0 aliphatic rings. The van der Waals surface area contributed by atoms with Crippen molar-refractivity contribution in [3.8, 4) is 0 Å².